The van der Waals surface area contributed by atoms with Crippen molar-refractivity contribution in [3.8, 4) is 0 Å². The summed E-state index contributed by atoms with van der Waals surface area (Å²) in [5.74, 6) is 2.30. The van der Waals surface area contributed by atoms with Crippen LogP contribution < -0.4 is 0 Å². The molecule has 4 rings (SSSR count). The third kappa shape index (κ3) is 1.97. The molecule has 126 valence electrons. The normalized spacial score (nSPS) is 61.2. The van der Waals surface area contributed by atoms with Crippen LogP contribution >= 0.6 is 15.9 Å². The van der Waals surface area contributed by atoms with Crippen molar-refractivity contribution in [2.75, 3.05) is 0 Å². The first kappa shape index (κ1) is 15.9. The van der Waals surface area contributed by atoms with Crippen molar-refractivity contribution in [2.45, 2.75) is 82.2 Å². The van der Waals surface area contributed by atoms with E-state index in [2.05, 4.69) is 29.8 Å². The fourth-order valence-corrected chi connectivity index (χ4v) is 8.21. The molecule has 4 aliphatic carbocycles. The summed E-state index contributed by atoms with van der Waals surface area (Å²) in [6.07, 6.45) is 9.40. The molecule has 22 heavy (non-hydrogen) atoms. The van der Waals surface area contributed by atoms with Crippen molar-refractivity contribution in [3.05, 3.63) is 0 Å². The summed E-state index contributed by atoms with van der Waals surface area (Å²) in [5.41, 5.74) is 0.451. The average Bonchev–Trinajstić information content (AvgIpc) is 2.71. The molecule has 2 nitrogen and oxygen atoms in total. The van der Waals surface area contributed by atoms with Crippen LogP contribution in [0.15, 0.2) is 0 Å². The Morgan fingerprint density at radius 1 is 0.909 bits per heavy atom. The lowest BCUT2D eigenvalue weighted by atomic mass is 9.44. The molecule has 0 aromatic carbocycles. The molecule has 0 radical (unpaired) electrons. The predicted octanol–water partition coefficient (Wildman–Crippen LogP) is 4.12. The van der Waals surface area contributed by atoms with E-state index in [-0.39, 0.29) is 22.5 Å². The summed E-state index contributed by atoms with van der Waals surface area (Å²) in [6.45, 7) is 4.81. The van der Waals surface area contributed by atoms with Gasteiger partial charge in [0, 0.05) is 4.83 Å². The van der Waals surface area contributed by atoms with Gasteiger partial charge in [-0.15, -0.1) is 0 Å². The molecule has 0 amide bonds. The van der Waals surface area contributed by atoms with E-state index >= 15 is 0 Å². The number of halogens is 1. The largest absolute Gasteiger partial charge is 0.393 e. The highest BCUT2D eigenvalue weighted by Crippen LogP contribution is 2.66. The van der Waals surface area contributed by atoms with Gasteiger partial charge in [-0.25, -0.2) is 0 Å². The maximum absolute atomic E-state index is 11.0. The van der Waals surface area contributed by atoms with Gasteiger partial charge in [0.25, 0.3) is 0 Å². The van der Waals surface area contributed by atoms with E-state index in [4.69, 9.17) is 0 Å². The average molecular weight is 371 g/mol. The fraction of sp³-hybridized carbons (Fsp3) is 1.00. The smallest absolute Gasteiger partial charge is 0.0721 e. The first-order valence-corrected chi connectivity index (χ1v) is 10.3. The van der Waals surface area contributed by atoms with E-state index in [9.17, 15) is 10.2 Å². The second kappa shape index (κ2) is 5.20. The summed E-state index contributed by atoms with van der Waals surface area (Å²) >= 11 is 3.72. The van der Waals surface area contributed by atoms with Gasteiger partial charge in [0.1, 0.15) is 0 Å². The van der Waals surface area contributed by atoms with Crippen LogP contribution in [0, 0.1) is 34.5 Å². The van der Waals surface area contributed by atoms with Crippen LogP contribution in [-0.4, -0.2) is 27.2 Å². The van der Waals surface area contributed by atoms with Crippen molar-refractivity contribution < 1.29 is 10.2 Å². The molecule has 0 spiro atoms. The summed E-state index contributed by atoms with van der Waals surface area (Å²) < 4.78 is 0. The predicted molar refractivity (Wildman–Crippen MR) is 91.8 cm³/mol. The number of aliphatic hydroxyl groups is 2. The monoisotopic (exact) mass is 370 g/mol. The van der Waals surface area contributed by atoms with Gasteiger partial charge in [0.15, 0.2) is 0 Å². The van der Waals surface area contributed by atoms with Gasteiger partial charge in [-0.3, -0.25) is 0 Å². The van der Waals surface area contributed by atoms with Gasteiger partial charge >= 0.3 is 0 Å². The minimum Gasteiger partial charge on any atom is -0.393 e. The van der Waals surface area contributed by atoms with Crippen molar-refractivity contribution in [1.29, 1.82) is 0 Å². The summed E-state index contributed by atoms with van der Waals surface area (Å²) in [6, 6.07) is 0. The maximum Gasteiger partial charge on any atom is 0.0721 e. The van der Waals surface area contributed by atoms with E-state index in [0.717, 1.165) is 25.2 Å². The summed E-state index contributed by atoms with van der Waals surface area (Å²) in [7, 11) is 0. The molecule has 0 bridgehead atoms. The summed E-state index contributed by atoms with van der Waals surface area (Å²) in [4.78, 5) is 0.213. The number of hydrogen-bond acceptors (Lipinski definition) is 2. The Hall–Kier alpha value is 0.400. The lowest BCUT2D eigenvalue weighted by Crippen LogP contribution is -2.58. The van der Waals surface area contributed by atoms with E-state index < -0.39 is 0 Å². The molecule has 4 fully saturated rings. The number of aliphatic hydroxyl groups excluding tert-OH is 2. The third-order valence-corrected chi connectivity index (χ3v) is 9.41. The highest BCUT2D eigenvalue weighted by atomic mass is 79.9. The SMILES string of the molecule is C[C@]12CC[C@H]3[C@@H]([C@H](O)CC4CCCC[C@@]43C)[C@@H]1C[C@@H](Br)[C@@H]2O. The molecule has 0 aliphatic heterocycles. The maximum atomic E-state index is 11.0. The van der Waals surface area contributed by atoms with Crippen LogP contribution in [0.1, 0.15) is 65.2 Å². The Balaban J connectivity index is 1.70. The lowest BCUT2D eigenvalue weighted by molar-refractivity contribution is -0.167. The molecular weight excluding hydrogens is 340 g/mol. The Kier molecular flexibility index (Phi) is 3.76. The number of rotatable bonds is 0. The molecule has 2 N–H and O–H groups in total. The van der Waals surface area contributed by atoms with Gasteiger partial charge in [-0.05, 0) is 73.0 Å². The molecule has 4 saturated carbocycles. The lowest BCUT2D eigenvalue weighted by Gasteiger charge is -2.61. The highest BCUT2D eigenvalue weighted by Gasteiger charge is 2.63. The van der Waals surface area contributed by atoms with Crippen LogP contribution in [0.5, 0.6) is 0 Å². The van der Waals surface area contributed by atoms with Gasteiger partial charge in [0.05, 0.1) is 12.2 Å². The molecule has 0 saturated heterocycles. The molecule has 4 aliphatic rings. The zero-order chi connectivity index (χ0) is 15.7. The zero-order valence-electron chi connectivity index (χ0n) is 14.0. The van der Waals surface area contributed by atoms with Gasteiger partial charge in [-0.2, -0.15) is 0 Å². The highest BCUT2D eigenvalue weighted by molar-refractivity contribution is 9.09. The van der Waals surface area contributed by atoms with Crippen LogP contribution in [0.2, 0.25) is 0 Å². The van der Waals surface area contributed by atoms with Crippen molar-refractivity contribution in [1.82, 2.24) is 0 Å². The standard InChI is InChI=1S/C19H31BrO2/c1-18-7-4-3-5-11(18)9-15(21)16-12(18)6-8-19(2)13(16)10-14(20)17(19)22/h11-17,21-22H,3-10H2,1-2H3/t11?,12-,13-,14+,15+,16+,17-,18-,19-/m0/s1. The Bertz CT molecular complexity index is 455. The first-order chi connectivity index (χ1) is 10.4. The Morgan fingerprint density at radius 3 is 2.45 bits per heavy atom. The molecular formula is C19H31BrO2. The van der Waals surface area contributed by atoms with E-state index in [1.165, 1.54) is 32.1 Å². The van der Waals surface area contributed by atoms with Crippen LogP contribution in [0.4, 0.5) is 0 Å². The van der Waals surface area contributed by atoms with Gasteiger partial charge < -0.3 is 10.2 Å². The number of hydrogen-bond donors (Lipinski definition) is 2. The quantitative estimate of drug-likeness (QED) is 0.629. The third-order valence-electron chi connectivity index (χ3n) is 8.54. The van der Waals surface area contributed by atoms with Crippen LogP contribution in [0.3, 0.4) is 0 Å². The minimum atomic E-state index is -0.248. The van der Waals surface area contributed by atoms with Crippen LogP contribution in [0.25, 0.3) is 0 Å². The van der Waals surface area contributed by atoms with E-state index in [0.29, 0.717) is 23.2 Å². The fourth-order valence-electron chi connectivity index (χ4n) is 7.20. The number of fused-ring (bicyclic) bond motifs is 5. The van der Waals surface area contributed by atoms with Gasteiger partial charge in [0.2, 0.25) is 0 Å². The molecule has 1 unspecified atom stereocenters. The Morgan fingerprint density at radius 2 is 1.68 bits per heavy atom. The molecule has 0 heterocycles. The van der Waals surface area contributed by atoms with Crippen molar-refractivity contribution >= 4 is 15.9 Å². The first-order valence-electron chi connectivity index (χ1n) is 9.38. The molecule has 9 atom stereocenters. The van der Waals surface area contributed by atoms with Crippen molar-refractivity contribution in [2.24, 2.45) is 34.5 Å². The molecule has 0 aromatic rings. The molecule has 0 aromatic heterocycles. The Labute approximate surface area is 143 Å². The molecule has 3 heteroatoms. The topological polar surface area (TPSA) is 40.5 Å². The minimum absolute atomic E-state index is 0.00811. The zero-order valence-corrected chi connectivity index (χ0v) is 15.6. The van der Waals surface area contributed by atoms with Gasteiger partial charge in [-0.1, -0.05) is 42.6 Å². The van der Waals surface area contributed by atoms with Crippen molar-refractivity contribution in [3.63, 3.8) is 0 Å². The van der Waals surface area contributed by atoms with Crippen LogP contribution in [-0.2, 0) is 0 Å². The second-order valence-corrected chi connectivity index (χ2v) is 10.5. The summed E-state index contributed by atoms with van der Waals surface area (Å²) in [5, 5.41) is 21.7. The van der Waals surface area contributed by atoms with E-state index in [1.54, 1.807) is 0 Å². The second-order valence-electron chi connectivity index (χ2n) is 9.28. The van der Waals surface area contributed by atoms with E-state index in [1.807, 2.05) is 0 Å². The number of alkyl halides is 1.